The zero-order chi connectivity index (χ0) is 22.5. The number of amides is 2. The van der Waals surface area contributed by atoms with E-state index >= 15 is 0 Å². The predicted octanol–water partition coefficient (Wildman–Crippen LogP) is 2.24. The largest absolute Gasteiger partial charge is 0.355 e. The van der Waals surface area contributed by atoms with Crippen LogP contribution < -0.4 is 5.32 Å². The lowest BCUT2D eigenvalue weighted by atomic mass is 9.91. The second-order valence-electron chi connectivity index (χ2n) is 10.5. The summed E-state index contributed by atoms with van der Waals surface area (Å²) in [4.78, 5) is 33.5. The van der Waals surface area contributed by atoms with E-state index in [0.29, 0.717) is 57.0 Å². The number of nitrogens with zero attached hydrogens (tertiary/aromatic N) is 4. The van der Waals surface area contributed by atoms with Gasteiger partial charge in [0.25, 0.3) is 0 Å². The Labute approximate surface area is 180 Å². The van der Waals surface area contributed by atoms with Crippen LogP contribution in [0.5, 0.6) is 0 Å². The van der Waals surface area contributed by atoms with Crippen LogP contribution in [-0.2, 0) is 21.4 Å². The van der Waals surface area contributed by atoms with Crippen molar-refractivity contribution in [2.75, 3.05) is 40.3 Å². The SMILES string of the molecule is CN(C)CC(C)(C)CNC(=O)C1CCN(C(=O)CCc2nc(C(C)(C)C)no2)CC1. The quantitative estimate of drug-likeness (QED) is 0.692. The smallest absolute Gasteiger partial charge is 0.227 e. The van der Waals surface area contributed by atoms with Crippen LogP contribution in [0.25, 0.3) is 0 Å². The second-order valence-corrected chi connectivity index (χ2v) is 10.5. The highest BCUT2D eigenvalue weighted by Gasteiger charge is 2.29. The molecule has 170 valence electrons. The standard InChI is InChI=1S/C22H39N5O3/c1-21(2,3)20-24-17(30-25-20)8-9-18(28)27-12-10-16(11-13-27)19(29)23-14-22(4,5)15-26(6)7/h16H,8-15H2,1-7H3,(H,23,29). The number of aromatic nitrogens is 2. The third-order valence-electron chi connectivity index (χ3n) is 5.40. The number of piperidine rings is 1. The molecule has 8 nitrogen and oxygen atoms in total. The summed E-state index contributed by atoms with van der Waals surface area (Å²) in [7, 11) is 4.08. The molecule has 1 aromatic heterocycles. The summed E-state index contributed by atoms with van der Waals surface area (Å²) in [6.45, 7) is 13.2. The molecule has 2 rings (SSSR count). The van der Waals surface area contributed by atoms with E-state index in [2.05, 4.69) is 34.2 Å². The van der Waals surface area contributed by atoms with Crippen LogP contribution in [-0.4, -0.2) is 72.0 Å². The lowest BCUT2D eigenvalue weighted by molar-refractivity contribution is -0.135. The Bertz CT molecular complexity index is 713. The molecule has 0 aromatic carbocycles. The molecule has 0 spiro atoms. The Morgan fingerprint density at radius 3 is 2.33 bits per heavy atom. The molecule has 1 saturated heterocycles. The minimum Gasteiger partial charge on any atom is -0.355 e. The summed E-state index contributed by atoms with van der Waals surface area (Å²) in [5, 5.41) is 7.11. The Morgan fingerprint density at radius 2 is 1.80 bits per heavy atom. The minimum atomic E-state index is -0.171. The van der Waals surface area contributed by atoms with E-state index in [4.69, 9.17) is 4.52 Å². The number of hydrogen-bond donors (Lipinski definition) is 1. The van der Waals surface area contributed by atoms with E-state index in [9.17, 15) is 9.59 Å². The maximum Gasteiger partial charge on any atom is 0.227 e. The summed E-state index contributed by atoms with van der Waals surface area (Å²) >= 11 is 0. The van der Waals surface area contributed by atoms with Crippen molar-refractivity contribution in [3.8, 4) is 0 Å². The highest BCUT2D eigenvalue weighted by Crippen LogP contribution is 2.21. The first-order valence-electron chi connectivity index (χ1n) is 10.9. The molecule has 0 saturated carbocycles. The van der Waals surface area contributed by atoms with Gasteiger partial charge < -0.3 is 19.6 Å². The summed E-state index contributed by atoms with van der Waals surface area (Å²) < 4.78 is 5.27. The van der Waals surface area contributed by atoms with Crippen LogP contribution in [0.1, 0.15) is 65.6 Å². The molecule has 1 aliphatic heterocycles. The van der Waals surface area contributed by atoms with Gasteiger partial charge in [-0.15, -0.1) is 0 Å². The van der Waals surface area contributed by atoms with Crippen LogP contribution >= 0.6 is 0 Å². The van der Waals surface area contributed by atoms with Crippen molar-refractivity contribution in [1.82, 2.24) is 25.3 Å². The van der Waals surface area contributed by atoms with Crippen LogP contribution in [0, 0.1) is 11.3 Å². The number of nitrogens with one attached hydrogen (secondary N) is 1. The zero-order valence-electron chi connectivity index (χ0n) is 19.7. The maximum absolute atomic E-state index is 12.5. The van der Waals surface area contributed by atoms with Crippen LogP contribution in [0.3, 0.4) is 0 Å². The first-order chi connectivity index (χ1) is 13.9. The highest BCUT2D eigenvalue weighted by molar-refractivity contribution is 5.80. The fraction of sp³-hybridized carbons (Fsp3) is 0.818. The Morgan fingerprint density at radius 1 is 1.17 bits per heavy atom. The maximum atomic E-state index is 12.5. The highest BCUT2D eigenvalue weighted by atomic mass is 16.5. The van der Waals surface area contributed by atoms with Crippen LogP contribution in [0.2, 0.25) is 0 Å². The first-order valence-corrected chi connectivity index (χ1v) is 10.9. The van der Waals surface area contributed by atoms with Crippen molar-refractivity contribution in [2.45, 2.75) is 65.7 Å². The molecule has 0 bridgehead atoms. The fourth-order valence-electron chi connectivity index (χ4n) is 3.81. The van der Waals surface area contributed by atoms with Gasteiger partial charge in [0.2, 0.25) is 17.7 Å². The van der Waals surface area contributed by atoms with E-state index in [-0.39, 0.29) is 28.6 Å². The molecule has 0 radical (unpaired) electrons. The zero-order valence-corrected chi connectivity index (χ0v) is 19.7. The van der Waals surface area contributed by atoms with E-state index in [1.54, 1.807) is 0 Å². The molecule has 30 heavy (non-hydrogen) atoms. The van der Waals surface area contributed by atoms with Crippen molar-refractivity contribution < 1.29 is 14.1 Å². The van der Waals surface area contributed by atoms with Gasteiger partial charge in [-0.1, -0.05) is 39.8 Å². The van der Waals surface area contributed by atoms with E-state index in [1.807, 2.05) is 39.8 Å². The molecule has 1 fully saturated rings. The Hall–Kier alpha value is -1.96. The lowest BCUT2D eigenvalue weighted by Gasteiger charge is -2.33. The third-order valence-corrected chi connectivity index (χ3v) is 5.40. The van der Waals surface area contributed by atoms with Crippen molar-refractivity contribution >= 4 is 11.8 Å². The predicted molar refractivity (Wildman–Crippen MR) is 116 cm³/mol. The number of likely N-dealkylation sites (tertiary alicyclic amines) is 1. The van der Waals surface area contributed by atoms with E-state index < -0.39 is 0 Å². The topological polar surface area (TPSA) is 91.6 Å². The number of carbonyl (C=O) groups is 2. The summed E-state index contributed by atoms with van der Waals surface area (Å²) in [6.07, 6.45) is 2.21. The van der Waals surface area contributed by atoms with Crippen LogP contribution in [0.15, 0.2) is 4.52 Å². The van der Waals surface area contributed by atoms with Gasteiger partial charge in [-0.3, -0.25) is 9.59 Å². The monoisotopic (exact) mass is 421 g/mol. The van der Waals surface area contributed by atoms with Gasteiger partial charge in [-0.2, -0.15) is 4.98 Å². The molecule has 8 heteroatoms. The van der Waals surface area contributed by atoms with Crippen molar-refractivity contribution in [3.63, 3.8) is 0 Å². The molecule has 1 aromatic rings. The first kappa shape index (κ1) is 24.3. The van der Waals surface area contributed by atoms with Gasteiger partial charge in [-0.05, 0) is 32.4 Å². The lowest BCUT2D eigenvalue weighted by Crippen LogP contribution is -2.46. The van der Waals surface area contributed by atoms with Crippen molar-refractivity contribution in [1.29, 1.82) is 0 Å². The molecule has 0 atom stereocenters. The fourth-order valence-corrected chi connectivity index (χ4v) is 3.81. The van der Waals surface area contributed by atoms with Crippen LogP contribution in [0.4, 0.5) is 0 Å². The average Bonchev–Trinajstić information content (AvgIpc) is 3.13. The molecule has 1 N–H and O–H groups in total. The van der Waals surface area contributed by atoms with E-state index in [0.717, 1.165) is 6.54 Å². The molecule has 1 aliphatic rings. The summed E-state index contributed by atoms with van der Waals surface area (Å²) in [6, 6.07) is 0. The van der Waals surface area contributed by atoms with Crippen molar-refractivity contribution in [3.05, 3.63) is 11.7 Å². The van der Waals surface area contributed by atoms with Gasteiger partial charge >= 0.3 is 0 Å². The van der Waals surface area contributed by atoms with Gasteiger partial charge in [0.05, 0.1) is 0 Å². The summed E-state index contributed by atoms with van der Waals surface area (Å²) in [5.41, 5.74) is -0.146. The molecule has 0 unspecified atom stereocenters. The number of rotatable bonds is 8. The molecular weight excluding hydrogens is 382 g/mol. The Balaban J connectivity index is 1.73. The number of hydrogen-bond acceptors (Lipinski definition) is 6. The Kier molecular flexibility index (Phi) is 8.02. The molecule has 2 amide bonds. The summed E-state index contributed by atoms with van der Waals surface area (Å²) in [5.74, 6) is 1.33. The number of aryl methyl sites for hydroxylation is 1. The van der Waals surface area contributed by atoms with Gasteiger partial charge in [-0.25, -0.2) is 0 Å². The number of carbonyl (C=O) groups excluding carboxylic acids is 2. The van der Waals surface area contributed by atoms with Gasteiger partial charge in [0.15, 0.2) is 5.82 Å². The molecular formula is C22H39N5O3. The average molecular weight is 422 g/mol. The van der Waals surface area contributed by atoms with Gasteiger partial charge in [0, 0.05) is 50.4 Å². The minimum absolute atomic E-state index is 0.0190. The normalized spacial score (nSPS) is 16.2. The van der Waals surface area contributed by atoms with Gasteiger partial charge in [0.1, 0.15) is 0 Å². The molecule has 2 heterocycles. The molecule has 0 aliphatic carbocycles. The third kappa shape index (κ3) is 7.38. The second kappa shape index (κ2) is 9.90. The van der Waals surface area contributed by atoms with Crippen molar-refractivity contribution in [2.24, 2.45) is 11.3 Å². The van der Waals surface area contributed by atoms with E-state index in [1.165, 1.54) is 0 Å².